The lowest BCUT2D eigenvalue weighted by Gasteiger charge is -2.26. The van der Waals surface area contributed by atoms with Crippen LogP contribution in [0.5, 0.6) is 0 Å². The second kappa shape index (κ2) is 6.04. The van der Waals surface area contributed by atoms with Crippen molar-refractivity contribution < 1.29 is 5.11 Å². The summed E-state index contributed by atoms with van der Waals surface area (Å²) in [5.74, 6) is 0.790. The second-order valence-corrected chi connectivity index (χ2v) is 6.14. The Kier molecular flexibility index (Phi) is 4.11. The maximum Gasteiger partial charge on any atom is 0.226 e. The van der Waals surface area contributed by atoms with Crippen molar-refractivity contribution in [2.45, 2.75) is 45.3 Å². The first-order valence-electron chi connectivity index (χ1n) is 7.78. The molecule has 1 N–H and O–H groups in total. The predicted molar refractivity (Wildman–Crippen MR) is 84.7 cm³/mol. The number of anilines is 1. The van der Waals surface area contributed by atoms with E-state index in [9.17, 15) is 5.11 Å². The summed E-state index contributed by atoms with van der Waals surface area (Å²) >= 11 is 0. The smallest absolute Gasteiger partial charge is 0.226 e. The molecule has 2 aromatic heterocycles. The highest BCUT2D eigenvalue weighted by molar-refractivity contribution is 5.35. The molecule has 0 spiro atoms. The van der Waals surface area contributed by atoms with Crippen LogP contribution in [-0.2, 0) is 7.05 Å². The van der Waals surface area contributed by atoms with E-state index in [-0.39, 0.29) is 6.04 Å². The molecule has 0 aliphatic carbocycles. The molecular formula is C16H23N5O. The van der Waals surface area contributed by atoms with E-state index in [1.807, 2.05) is 33.2 Å². The second-order valence-electron chi connectivity index (χ2n) is 6.14. The van der Waals surface area contributed by atoms with Crippen LogP contribution in [0.4, 0.5) is 5.95 Å². The van der Waals surface area contributed by atoms with Gasteiger partial charge in [0, 0.05) is 42.8 Å². The minimum Gasteiger partial charge on any atom is -0.388 e. The highest BCUT2D eigenvalue weighted by Gasteiger charge is 2.29. The summed E-state index contributed by atoms with van der Waals surface area (Å²) in [6, 6.07) is 2.26. The van der Waals surface area contributed by atoms with Crippen LogP contribution in [0, 0.1) is 13.8 Å². The Morgan fingerprint density at radius 1 is 1.32 bits per heavy atom. The molecule has 2 unspecified atom stereocenters. The number of nitrogens with zero attached hydrogens (tertiary/aromatic N) is 5. The Balaban J connectivity index is 1.75. The molecule has 6 nitrogen and oxygen atoms in total. The standard InChI is InChI=1S/C16H23N5O/c1-11-7-12(2)19-16(18-11)21-6-4-5-14(21)8-15(22)13-9-17-20(3)10-13/h7,9-10,14-15,22H,4-6,8H2,1-3H3. The number of rotatable bonds is 4. The summed E-state index contributed by atoms with van der Waals surface area (Å²) in [5, 5.41) is 14.6. The molecule has 1 fully saturated rings. The third kappa shape index (κ3) is 3.11. The van der Waals surface area contributed by atoms with Crippen molar-refractivity contribution in [3.63, 3.8) is 0 Å². The van der Waals surface area contributed by atoms with E-state index in [0.717, 1.165) is 42.3 Å². The van der Waals surface area contributed by atoms with Gasteiger partial charge in [-0.05, 0) is 39.2 Å². The van der Waals surface area contributed by atoms with Gasteiger partial charge in [-0.15, -0.1) is 0 Å². The van der Waals surface area contributed by atoms with Crippen LogP contribution >= 0.6 is 0 Å². The Morgan fingerprint density at radius 2 is 2.05 bits per heavy atom. The average Bonchev–Trinajstić information content (AvgIpc) is 3.06. The third-order valence-electron chi connectivity index (χ3n) is 4.21. The summed E-state index contributed by atoms with van der Waals surface area (Å²) < 4.78 is 1.72. The van der Waals surface area contributed by atoms with E-state index in [0.29, 0.717) is 6.42 Å². The topological polar surface area (TPSA) is 67.1 Å². The molecule has 0 saturated carbocycles. The maximum absolute atomic E-state index is 10.4. The van der Waals surface area contributed by atoms with Crippen LogP contribution < -0.4 is 4.90 Å². The van der Waals surface area contributed by atoms with E-state index in [4.69, 9.17) is 0 Å². The summed E-state index contributed by atoms with van der Waals surface area (Å²) in [6.07, 6.45) is 5.97. The first-order chi connectivity index (χ1) is 10.5. The van der Waals surface area contributed by atoms with Crippen molar-refractivity contribution in [2.75, 3.05) is 11.4 Å². The Bertz CT molecular complexity index is 633. The van der Waals surface area contributed by atoms with E-state index in [1.165, 1.54) is 0 Å². The van der Waals surface area contributed by atoms with E-state index in [2.05, 4.69) is 20.0 Å². The van der Waals surface area contributed by atoms with Gasteiger partial charge in [0.25, 0.3) is 0 Å². The Hall–Kier alpha value is -1.95. The molecule has 0 radical (unpaired) electrons. The molecule has 3 heterocycles. The van der Waals surface area contributed by atoms with Gasteiger partial charge in [-0.1, -0.05) is 0 Å². The van der Waals surface area contributed by atoms with Crippen molar-refractivity contribution in [1.82, 2.24) is 19.7 Å². The maximum atomic E-state index is 10.4. The van der Waals surface area contributed by atoms with Crippen LogP contribution in [-0.4, -0.2) is 37.4 Å². The molecule has 2 aromatic rings. The zero-order chi connectivity index (χ0) is 15.7. The van der Waals surface area contributed by atoms with E-state index >= 15 is 0 Å². The molecule has 1 aliphatic heterocycles. The molecule has 0 bridgehead atoms. The lowest BCUT2D eigenvalue weighted by molar-refractivity contribution is 0.158. The minimum atomic E-state index is -0.495. The largest absolute Gasteiger partial charge is 0.388 e. The molecule has 3 rings (SSSR count). The van der Waals surface area contributed by atoms with Crippen LogP contribution in [0.1, 0.15) is 42.3 Å². The lowest BCUT2D eigenvalue weighted by Crippen LogP contribution is -2.32. The van der Waals surface area contributed by atoms with Gasteiger partial charge in [0.1, 0.15) is 0 Å². The summed E-state index contributed by atoms with van der Waals surface area (Å²) in [7, 11) is 1.86. The van der Waals surface area contributed by atoms with E-state index < -0.39 is 6.10 Å². The summed E-state index contributed by atoms with van der Waals surface area (Å²) in [6.45, 7) is 4.94. The van der Waals surface area contributed by atoms with Gasteiger partial charge in [-0.2, -0.15) is 5.10 Å². The zero-order valence-corrected chi connectivity index (χ0v) is 13.4. The van der Waals surface area contributed by atoms with Crippen LogP contribution in [0.15, 0.2) is 18.5 Å². The normalized spacial score (nSPS) is 19.6. The number of aliphatic hydroxyl groups is 1. The quantitative estimate of drug-likeness (QED) is 0.934. The highest BCUT2D eigenvalue weighted by Crippen LogP contribution is 2.29. The van der Waals surface area contributed by atoms with Crippen molar-refractivity contribution in [1.29, 1.82) is 0 Å². The molecule has 0 amide bonds. The molecule has 2 atom stereocenters. The number of hydrogen-bond acceptors (Lipinski definition) is 5. The first kappa shape index (κ1) is 15.0. The first-order valence-corrected chi connectivity index (χ1v) is 7.78. The Labute approximate surface area is 130 Å². The van der Waals surface area contributed by atoms with Gasteiger partial charge in [-0.25, -0.2) is 9.97 Å². The fourth-order valence-corrected chi connectivity index (χ4v) is 3.19. The van der Waals surface area contributed by atoms with Gasteiger partial charge in [0.2, 0.25) is 5.95 Å². The van der Waals surface area contributed by atoms with Crippen molar-refractivity contribution in [3.8, 4) is 0 Å². The number of aliphatic hydroxyl groups excluding tert-OH is 1. The third-order valence-corrected chi connectivity index (χ3v) is 4.21. The lowest BCUT2D eigenvalue weighted by atomic mass is 10.0. The zero-order valence-electron chi connectivity index (χ0n) is 13.4. The molecule has 6 heteroatoms. The highest BCUT2D eigenvalue weighted by atomic mass is 16.3. The molecule has 1 saturated heterocycles. The van der Waals surface area contributed by atoms with Gasteiger partial charge < -0.3 is 10.0 Å². The summed E-state index contributed by atoms with van der Waals surface area (Å²) in [5.41, 5.74) is 2.85. The average molecular weight is 301 g/mol. The van der Waals surface area contributed by atoms with Gasteiger partial charge >= 0.3 is 0 Å². The molecule has 22 heavy (non-hydrogen) atoms. The van der Waals surface area contributed by atoms with Gasteiger partial charge in [-0.3, -0.25) is 4.68 Å². The molecule has 118 valence electrons. The number of hydrogen-bond donors (Lipinski definition) is 1. The van der Waals surface area contributed by atoms with E-state index in [1.54, 1.807) is 10.9 Å². The molecule has 0 aromatic carbocycles. The predicted octanol–water partition coefficient (Wildman–Crippen LogP) is 1.92. The Morgan fingerprint density at radius 3 is 2.68 bits per heavy atom. The molecule has 1 aliphatic rings. The van der Waals surface area contributed by atoms with Gasteiger partial charge in [0.05, 0.1) is 12.3 Å². The molecular weight excluding hydrogens is 278 g/mol. The fraction of sp³-hybridized carbons (Fsp3) is 0.562. The summed E-state index contributed by atoms with van der Waals surface area (Å²) in [4.78, 5) is 11.4. The number of aryl methyl sites for hydroxylation is 3. The SMILES string of the molecule is Cc1cc(C)nc(N2CCCC2CC(O)c2cnn(C)c2)n1. The van der Waals surface area contributed by atoms with Gasteiger partial charge in [0.15, 0.2) is 0 Å². The van der Waals surface area contributed by atoms with Crippen molar-refractivity contribution >= 4 is 5.95 Å². The minimum absolute atomic E-state index is 0.274. The van der Waals surface area contributed by atoms with Crippen LogP contribution in [0.2, 0.25) is 0 Å². The van der Waals surface area contributed by atoms with Crippen molar-refractivity contribution in [2.24, 2.45) is 7.05 Å². The van der Waals surface area contributed by atoms with Crippen molar-refractivity contribution in [3.05, 3.63) is 35.4 Å². The van der Waals surface area contributed by atoms with Crippen LogP contribution in [0.3, 0.4) is 0 Å². The number of aromatic nitrogens is 4. The monoisotopic (exact) mass is 301 g/mol. The fourth-order valence-electron chi connectivity index (χ4n) is 3.19. The van der Waals surface area contributed by atoms with Crippen LogP contribution in [0.25, 0.3) is 0 Å².